The number of benzene rings is 1. The first-order valence-electron chi connectivity index (χ1n) is 6.67. The lowest BCUT2D eigenvalue weighted by molar-refractivity contribution is -0.393. The maximum atomic E-state index is 11.4. The molecule has 13 heteroatoms. The van der Waals surface area contributed by atoms with Crippen LogP contribution in [0, 0.1) is 20.2 Å². The first-order chi connectivity index (χ1) is 12.2. The molecule has 1 aromatic carbocycles. The summed E-state index contributed by atoms with van der Waals surface area (Å²) in [6, 6.07) is 2.02. The summed E-state index contributed by atoms with van der Waals surface area (Å²) in [6.45, 7) is 0. The molecule has 0 unspecified atom stereocenters. The zero-order chi connectivity index (χ0) is 19.7. The highest BCUT2D eigenvalue weighted by molar-refractivity contribution is 6.12. The van der Waals surface area contributed by atoms with E-state index >= 15 is 0 Å². The molecule has 0 saturated heterocycles. The maximum Gasteiger partial charge on any atom is 0.330 e. The van der Waals surface area contributed by atoms with E-state index in [4.69, 9.17) is 11.5 Å². The Labute approximate surface area is 145 Å². The summed E-state index contributed by atoms with van der Waals surface area (Å²) in [5, 5.41) is 21.7. The molecule has 0 aliphatic carbocycles. The highest BCUT2D eigenvalue weighted by Crippen LogP contribution is 2.31. The van der Waals surface area contributed by atoms with Gasteiger partial charge in [-0.1, -0.05) is 0 Å². The summed E-state index contributed by atoms with van der Waals surface area (Å²) >= 11 is 0. The zero-order valence-corrected chi connectivity index (χ0v) is 13.0. The molecule has 0 atom stereocenters. The largest absolute Gasteiger partial charge is 0.366 e. The van der Waals surface area contributed by atoms with E-state index in [1.54, 1.807) is 0 Å². The standard InChI is InChI=1S/C13H13N7O6/c14-12(21)8(2-1-5-17-18-13(15)22)7-16-10-4-3-9(19(23)24)6-11(10)20(25)26/h1-7,17H,(H2,14,21)(H3,15,18,22)/b5-1+,8-2-,16-7?. The molecule has 3 amide bonds. The number of hydrogen-bond donors (Lipinski definition) is 4. The van der Waals surface area contributed by atoms with E-state index in [-0.39, 0.29) is 11.3 Å². The number of nitrogens with one attached hydrogen (secondary N) is 2. The summed E-state index contributed by atoms with van der Waals surface area (Å²) in [5.41, 5.74) is 12.9. The number of aliphatic imine (C=N–C) groups is 1. The number of non-ortho nitro benzene ring substituents is 1. The van der Waals surface area contributed by atoms with E-state index in [1.165, 1.54) is 18.4 Å². The molecule has 6 N–H and O–H groups in total. The number of amides is 3. The Morgan fingerprint density at radius 3 is 2.38 bits per heavy atom. The molecule has 0 fully saturated rings. The van der Waals surface area contributed by atoms with Gasteiger partial charge in [0, 0.05) is 18.5 Å². The molecule has 0 heterocycles. The minimum atomic E-state index is -0.883. The lowest BCUT2D eigenvalue weighted by Gasteiger charge is -1.99. The number of rotatable bonds is 8. The third kappa shape index (κ3) is 6.07. The van der Waals surface area contributed by atoms with Crippen LogP contribution in [0.15, 0.2) is 47.1 Å². The molecule has 136 valence electrons. The lowest BCUT2D eigenvalue weighted by atomic mass is 10.2. The van der Waals surface area contributed by atoms with Crippen LogP contribution >= 0.6 is 0 Å². The summed E-state index contributed by atoms with van der Waals surface area (Å²) in [4.78, 5) is 45.6. The van der Waals surface area contributed by atoms with Crippen molar-refractivity contribution in [3.8, 4) is 0 Å². The number of primary amides is 2. The van der Waals surface area contributed by atoms with Crippen LogP contribution < -0.4 is 22.3 Å². The van der Waals surface area contributed by atoms with Gasteiger partial charge in [0.25, 0.3) is 5.69 Å². The van der Waals surface area contributed by atoms with Gasteiger partial charge in [-0.15, -0.1) is 0 Å². The molecule has 1 aromatic rings. The molecular formula is C13H13N7O6. The molecule has 0 bridgehead atoms. The fourth-order valence-corrected chi connectivity index (χ4v) is 1.52. The van der Waals surface area contributed by atoms with Gasteiger partial charge in [-0.2, -0.15) is 0 Å². The van der Waals surface area contributed by atoms with E-state index in [1.807, 2.05) is 5.43 Å². The number of carbonyl (C=O) groups excluding carboxylic acids is 2. The second-order valence-corrected chi connectivity index (χ2v) is 4.42. The smallest absolute Gasteiger partial charge is 0.330 e. The third-order valence-corrected chi connectivity index (χ3v) is 2.64. The number of nitrogens with two attached hydrogens (primary N) is 2. The number of urea groups is 1. The summed E-state index contributed by atoms with van der Waals surface area (Å²) in [6.07, 6.45) is 4.67. The third-order valence-electron chi connectivity index (χ3n) is 2.64. The van der Waals surface area contributed by atoms with Crippen molar-refractivity contribution in [2.75, 3.05) is 0 Å². The lowest BCUT2D eigenvalue weighted by Crippen LogP contribution is -2.37. The Hall–Kier alpha value is -4.29. The van der Waals surface area contributed by atoms with Crippen LogP contribution in [0.4, 0.5) is 21.9 Å². The number of nitro benzene ring substituents is 2. The van der Waals surface area contributed by atoms with Crippen molar-refractivity contribution in [3.05, 3.63) is 62.4 Å². The van der Waals surface area contributed by atoms with Crippen LogP contribution in [0.25, 0.3) is 0 Å². The second-order valence-electron chi connectivity index (χ2n) is 4.42. The van der Waals surface area contributed by atoms with Gasteiger partial charge < -0.3 is 16.9 Å². The number of carbonyl (C=O) groups is 2. The molecule has 0 radical (unpaired) electrons. The molecule has 26 heavy (non-hydrogen) atoms. The van der Waals surface area contributed by atoms with Gasteiger partial charge in [0.1, 0.15) is 5.69 Å². The molecule has 1 rings (SSSR count). The van der Waals surface area contributed by atoms with E-state index < -0.39 is 33.2 Å². The highest BCUT2D eigenvalue weighted by Gasteiger charge is 2.18. The van der Waals surface area contributed by atoms with E-state index in [0.717, 1.165) is 24.4 Å². The van der Waals surface area contributed by atoms with Gasteiger partial charge in [-0.05, 0) is 18.2 Å². The predicted octanol–water partition coefficient (Wildman–Crippen LogP) is 0.304. The van der Waals surface area contributed by atoms with Gasteiger partial charge >= 0.3 is 11.7 Å². The number of hydrogen-bond acceptors (Lipinski definition) is 8. The van der Waals surface area contributed by atoms with Crippen molar-refractivity contribution < 1.29 is 19.4 Å². The van der Waals surface area contributed by atoms with Crippen molar-refractivity contribution in [2.24, 2.45) is 16.5 Å². The van der Waals surface area contributed by atoms with Gasteiger partial charge in [-0.25, -0.2) is 9.79 Å². The monoisotopic (exact) mass is 363 g/mol. The van der Waals surface area contributed by atoms with E-state index in [0.29, 0.717) is 0 Å². The molecule has 0 saturated carbocycles. The van der Waals surface area contributed by atoms with Crippen LogP contribution in [0.3, 0.4) is 0 Å². The molecule has 0 aromatic heterocycles. The van der Waals surface area contributed by atoms with Crippen molar-refractivity contribution >= 4 is 35.2 Å². The minimum absolute atomic E-state index is 0.130. The first-order valence-corrected chi connectivity index (χ1v) is 6.67. The van der Waals surface area contributed by atoms with Crippen LogP contribution in [-0.2, 0) is 4.79 Å². The van der Waals surface area contributed by atoms with Crippen LogP contribution in [0.1, 0.15) is 0 Å². The average Bonchev–Trinajstić information content (AvgIpc) is 2.56. The van der Waals surface area contributed by atoms with Crippen molar-refractivity contribution in [2.45, 2.75) is 0 Å². The molecule has 13 nitrogen and oxygen atoms in total. The van der Waals surface area contributed by atoms with Gasteiger partial charge in [0.15, 0.2) is 0 Å². The van der Waals surface area contributed by atoms with Crippen molar-refractivity contribution in [1.29, 1.82) is 0 Å². The number of hydrazine groups is 1. The SMILES string of the molecule is NC(=O)NN/C=C/C=C(/C=Nc1ccc([N+](=O)[O-])cc1[N+](=O)[O-])C(N)=O. The molecular weight excluding hydrogens is 350 g/mol. The fraction of sp³-hybridized carbons (Fsp3) is 0. The number of nitrogens with zero attached hydrogens (tertiary/aromatic N) is 3. The van der Waals surface area contributed by atoms with Crippen LogP contribution in [0.2, 0.25) is 0 Å². The Morgan fingerprint density at radius 1 is 1.15 bits per heavy atom. The zero-order valence-electron chi connectivity index (χ0n) is 13.0. The number of nitro groups is 2. The summed E-state index contributed by atoms with van der Waals surface area (Å²) < 4.78 is 0. The highest BCUT2D eigenvalue weighted by atomic mass is 16.6. The van der Waals surface area contributed by atoms with Gasteiger partial charge in [-0.3, -0.25) is 30.4 Å². The average molecular weight is 363 g/mol. The molecule has 0 aliphatic heterocycles. The Morgan fingerprint density at radius 2 is 1.85 bits per heavy atom. The van der Waals surface area contributed by atoms with E-state index in [2.05, 4.69) is 10.4 Å². The Balaban J connectivity index is 3.07. The van der Waals surface area contributed by atoms with Crippen LogP contribution in [0.5, 0.6) is 0 Å². The van der Waals surface area contributed by atoms with Gasteiger partial charge in [0.2, 0.25) is 5.91 Å². The Bertz CT molecular complexity index is 830. The van der Waals surface area contributed by atoms with Crippen molar-refractivity contribution in [1.82, 2.24) is 10.9 Å². The summed E-state index contributed by atoms with van der Waals surface area (Å²) in [5.74, 6) is -0.883. The number of allylic oxidation sites excluding steroid dienone is 2. The van der Waals surface area contributed by atoms with Crippen molar-refractivity contribution in [3.63, 3.8) is 0 Å². The van der Waals surface area contributed by atoms with E-state index in [9.17, 15) is 29.8 Å². The predicted molar refractivity (Wildman–Crippen MR) is 90.2 cm³/mol. The molecule has 0 aliphatic rings. The maximum absolute atomic E-state index is 11.4. The minimum Gasteiger partial charge on any atom is -0.366 e. The second kappa shape index (κ2) is 9.11. The first kappa shape index (κ1) is 19.8. The Kier molecular flexibility index (Phi) is 6.93. The summed E-state index contributed by atoms with van der Waals surface area (Å²) in [7, 11) is 0. The quantitative estimate of drug-likeness (QED) is 0.167. The molecule has 0 spiro atoms. The fourth-order valence-electron chi connectivity index (χ4n) is 1.52. The van der Waals surface area contributed by atoms with Gasteiger partial charge in [0.05, 0.1) is 21.5 Å². The topological polar surface area (TPSA) is 209 Å². The van der Waals surface area contributed by atoms with Crippen LogP contribution in [-0.4, -0.2) is 28.0 Å². The normalized spacial score (nSPS) is 11.5.